The zero-order chi connectivity index (χ0) is 48.9. The molecule has 0 radical (unpaired) electrons. The van der Waals surface area contributed by atoms with E-state index >= 15 is 4.39 Å². The Bertz CT molecular complexity index is 3380. The maximum absolute atomic E-state index is 15.5. The number of carbonyl (C=O) groups is 3. The van der Waals surface area contributed by atoms with Crippen LogP contribution in [0.3, 0.4) is 0 Å². The summed E-state index contributed by atoms with van der Waals surface area (Å²) < 4.78 is 28.7. The van der Waals surface area contributed by atoms with Crippen molar-refractivity contribution in [1.82, 2.24) is 53.3 Å². The minimum atomic E-state index is -0.732. The zero-order valence-electron chi connectivity index (χ0n) is 38.4. The lowest BCUT2D eigenvalue weighted by atomic mass is 9.86. The molecule has 0 atom stereocenters. The van der Waals surface area contributed by atoms with Crippen LogP contribution in [0, 0.1) is 5.82 Å². The van der Waals surface area contributed by atoms with Gasteiger partial charge < -0.3 is 34.3 Å². The first kappa shape index (κ1) is 46.8. The summed E-state index contributed by atoms with van der Waals surface area (Å²) in [5.74, 6) is -0.321. The second-order valence-electron chi connectivity index (χ2n) is 17.6. The van der Waals surface area contributed by atoms with E-state index in [1.165, 1.54) is 34.5 Å². The quantitative estimate of drug-likeness (QED) is 0.199. The summed E-state index contributed by atoms with van der Waals surface area (Å²) in [4.78, 5) is 82.4. The number of carbonyl (C=O) groups excluding carboxylic acids is 3. The Morgan fingerprint density at radius 2 is 1.35 bits per heavy atom. The van der Waals surface area contributed by atoms with Crippen LogP contribution in [0.15, 0.2) is 86.1 Å². The van der Waals surface area contributed by atoms with Crippen LogP contribution in [-0.2, 0) is 71.4 Å². The number of halogens is 2. The van der Waals surface area contributed by atoms with Crippen molar-refractivity contribution in [3.63, 3.8) is 0 Å². The van der Waals surface area contributed by atoms with Crippen LogP contribution in [0.5, 0.6) is 0 Å². The molecule has 8 heterocycles. The number of esters is 1. The SMILES string of the molecule is CC(=O)OCc1c(-c2cc(Nc3cc4n(n3)CC(=O)N(C)C4)c(=O)n(C)c2)ccnc1-n1ncc2cc(C(C)(C)C)cc(F)c2c1=O.CN1Cc2cc(Nc3cc(Br)cn(C)c3=O)nn2CC1=O. The molecule has 6 aromatic heterocycles. The van der Waals surface area contributed by atoms with E-state index in [-0.39, 0.29) is 64.9 Å². The molecule has 2 aliphatic rings. The Labute approximate surface area is 395 Å². The molecule has 0 spiro atoms. The lowest BCUT2D eigenvalue weighted by molar-refractivity contribution is -0.142. The first-order valence-corrected chi connectivity index (χ1v) is 22.0. The number of anilines is 4. The van der Waals surface area contributed by atoms with Crippen molar-refractivity contribution in [2.45, 2.75) is 65.9 Å². The molecule has 22 heteroatoms. The summed E-state index contributed by atoms with van der Waals surface area (Å²) in [6.45, 7) is 8.03. The van der Waals surface area contributed by atoms with E-state index in [2.05, 4.69) is 46.8 Å². The predicted molar refractivity (Wildman–Crippen MR) is 253 cm³/mol. The maximum Gasteiger partial charge on any atom is 0.302 e. The minimum Gasteiger partial charge on any atom is -0.461 e. The lowest BCUT2D eigenvalue weighted by Gasteiger charge is -2.22. The standard InChI is InChI=1S/C33H33FN8O5.C13H14BrN5O2/c1-18(43)47-17-24-23(7-8-35-30(24)42-32(46)29-19(13-36-42)9-21(11-25(29)34)33(2,3)4)20-10-26(31(45)40(6)14-20)37-27-12-22-15-39(5)28(44)16-41(22)38-27;1-17-6-9-4-11(16-19(9)7-12(17)20)15-10-3-8(14)5-18(2)13(10)21/h7-14H,15-17H2,1-6H3,(H,37,38);3-5H,6-7H2,1-2H3,(H,15,16). The molecule has 20 nitrogen and oxygen atoms in total. The highest BCUT2D eigenvalue weighted by Crippen LogP contribution is 2.31. The van der Waals surface area contributed by atoms with Gasteiger partial charge in [0.15, 0.2) is 17.5 Å². The highest BCUT2D eigenvalue weighted by atomic mass is 79.9. The van der Waals surface area contributed by atoms with Crippen LogP contribution in [0.1, 0.15) is 50.2 Å². The van der Waals surface area contributed by atoms with Gasteiger partial charge in [0.25, 0.3) is 16.7 Å². The highest BCUT2D eigenvalue weighted by molar-refractivity contribution is 9.10. The van der Waals surface area contributed by atoms with Gasteiger partial charge in [-0.15, -0.1) is 0 Å². The summed E-state index contributed by atoms with van der Waals surface area (Å²) in [5.41, 5.74) is 2.83. The Balaban J connectivity index is 0.000000247. The average Bonchev–Trinajstić information content (AvgIpc) is 3.84. The molecule has 2 N–H and O–H groups in total. The molecule has 0 fully saturated rings. The fourth-order valence-corrected chi connectivity index (χ4v) is 8.31. The van der Waals surface area contributed by atoms with E-state index in [9.17, 15) is 28.8 Å². The highest BCUT2D eigenvalue weighted by Gasteiger charge is 2.25. The Morgan fingerprint density at radius 1 is 0.779 bits per heavy atom. The second-order valence-corrected chi connectivity index (χ2v) is 18.5. The number of amides is 2. The number of rotatable bonds is 8. The number of hydrogen-bond donors (Lipinski definition) is 2. The van der Waals surface area contributed by atoms with E-state index in [0.717, 1.165) is 20.5 Å². The van der Waals surface area contributed by atoms with Crippen molar-refractivity contribution in [3.05, 3.63) is 131 Å². The van der Waals surface area contributed by atoms with Crippen molar-refractivity contribution in [1.29, 1.82) is 0 Å². The van der Waals surface area contributed by atoms with Gasteiger partial charge in [-0.2, -0.15) is 20.0 Å². The van der Waals surface area contributed by atoms with Gasteiger partial charge >= 0.3 is 5.97 Å². The van der Waals surface area contributed by atoms with Gasteiger partial charge in [-0.3, -0.25) is 38.1 Å². The second kappa shape index (κ2) is 18.1. The first-order chi connectivity index (χ1) is 32.1. The molecule has 1 aromatic carbocycles. The number of nitrogens with zero attached hydrogens (tertiary/aromatic N) is 11. The number of nitrogens with one attached hydrogen (secondary N) is 2. The van der Waals surface area contributed by atoms with Crippen molar-refractivity contribution < 1.29 is 23.5 Å². The van der Waals surface area contributed by atoms with Crippen molar-refractivity contribution in [2.75, 3.05) is 24.7 Å². The molecular formula is C46H47BrFN13O7. The molecule has 0 saturated carbocycles. The Morgan fingerprint density at radius 3 is 1.93 bits per heavy atom. The summed E-state index contributed by atoms with van der Waals surface area (Å²) in [5, 5.41) is 19.4. The number of fused-ring (bicyclic) bond motifs is 3. The van der Waals surface area contributed by atoms with Gasteiger partial charge in [0.05, 0.1) is 36.1 Å². The summed E-state index contributed by atoms with van der Waals surface area (Å²) in [6, 6.07) is 11.7. The Kier molecular flexibility index (Phi) is 12.5. The summed E-state index contributed by atoms with van der Waals surface area (Å²) in [6.07, 6.45) is 6.15. The molecule has 0 aliphatic carbocycles. The predicted octanol–water partition coefficient (Wildman–Crippen LogP) is 4.62. The van der Waals surface area contributed by atoms with Gasteiger partial charge in [-0.25, -0.2) is 9.37 Å². The molecule has 2 aliphatic heterocycles. The van der Waals surface area contributed by atoms with Gasteiger partial charge in [-0.1, -0.05) is 20.8 Å². The topological polar surface area (TPSA) is 218 Å². The summed E-state index contributed by atoms with van der Waals surface area (Å²) >= 11 is 3.36. The maximum atomic E-state index is 15.5. The largest absolute Gasteiger partial charge is 0.461 e. The molecule has 0 unspecified atom stereocenters. The third kappa shape index (κ3) is 9.44. The van der Waals surface area contributed by atoms with Crippen LogP contribution in [0.4, 0.5) is 27.4 Å². The normalized spacial score (nSPS) is 13.5. The molecule has 2 amide bonds. The smallest absolute Gasteiger partial charge is 0.302 e. The van der Waals surface area contributed by atoms with Gasteiger partial charge in [0.1, 0.15) is 36.9 Å². The fourth-order valence-electron chi connectivity index (χ4n) is 7.77. The van der Waals surface area contributed by atoms with Crippen molar-refractivity contribution in [2.24, 2.45) is 14.1 Å². The van der Waals surface area contributed by atoms with Gasteiger partial charge in [0, 0.05) is 86.8 Å². The molecule has 68 heavy (non-hydrogen) atoms. The van der Waals surface area contributed by atoms with E-state index in [4.69, 9.17) is 4.74 Å². The minimum absolute atomic E-state index is 0.0236. The van der Waals surface area contributed by atoms with Gasteiger partial charge in [-0.05, 0) is 62.8 Å². The first-order valence-electron chi connectivity index (χ1n) is 21.2. The van der Waals surface area contributed by atoms with Crippen molar-refractivity contribution >= 4 is 67.5 Å². The van der Waals surface area contributed by atoms with Crippen LogP contribution in [0.2, 0.25) is 0 Å². The van der Waals surface area contributed by atoms with Crippen LogP contribution >= 0.6 is 15.9 Å². The van der Waals surface area contributed by atoms with Crippen LogP contribution in [-0.4, -0.2) is 85.1 Å². The fraction of sp³-hybridized carbons (Fsp3) is 0.304. The number of aryl methyl sites for hydroxylation is 2. The van der Waals surface area contributed by atoms with E-state index in [1.807, 2.05) is 26.8 Å². The van der Waals surface area contributed by atoms with E-state index < -0.39 is 17.3 Å². The number of benzene rings is 1. The molecular weight excluding hydrogens is 945 g/mol. The third-order valence-electron chi connectivity index (χ3n) is 11.5. The Hall–Kier alpha value is -7.75. The number of pyridine rings is 3. The number of likely N-dealkylation sites (N-methyl/N-ethyl adjacent to an activating group) is 2. The molecule has 0 bridgehead atoms. The van der Waals surface area contributed by atoms with Gasteiger partial charge in [0.2, 0.25) is 11.8 Å². The number of aromatic nitrogens is 9. The molecule has 7 aromatic rings. The third-order valence-corrected chi connectivity index (χ3v) is 11.9. The summed E-state index contributed by atoms with van der Waals surface area (Å²) in [7, 11) is 6.74. The lowest BCUT2D eigenvalue weighted by Crippen LogP contribution is -2.36. The van der Waals surface area contributed by atoms with E-state index in [0.29, 0.717) is 58.1 Å². The number of hydrogen-bond acceptors (Lipinski definition) is 13. The monoisotopic (exact) mass is 991 g/mol. The van der Waals surface area contributed by atoms with Crippen LogP contribution < -0.4 is 27.3 Å². The zero-order valence-corrected chi connectivity index (χ0v) is 40.0. The molecule has 0 saturated heterocycles. The number of ether oxygens (including phenoxy) is 1. The van der Waals surface area contributed by atoms with E-state index in [1.54, 1.807) is 90.1 Å². The van der Waals surface area contributed by atoms with Crippen molar-refractivity contribution in [3.8, 4) is 16.9 Å². The molecule has 9 rings (SSSR count). The molecule has 352 valence electrons. The average molecular weight is 993 g/mol. The van der Waals surface area contributed by atoms with Crippen LogP contribution in [0.25, 0.3) is 27.7 Å².